The van der Waals surface area contributed by atoms with Gasteiger partial charge >= 0.3 is 0 Å². The number of hydrogen-bond acceptors (Lipinski definition) is 4. The molecule has 0 fully saturated rings. The molecular weight excluding hydrogens is 236 g/mol. The normalized spacial score (nSPS) is 11.6. The highest BCUT2D eigenvalue weighted by atomic mass is 32.2. The van der Waals surface area contributed by atoms with Crippen LogP contribution in [0.1, 0.15) is 12.0 Å². The van der Waals surface area contributed by atoms with Gasteiger partial charge in [0.2, 0.25) is 0 Å². The lowest BCUT2D eigenvalue weighted by Gasteiger charge is -2.09. The summed E-state index contributed by atoms with van der Waals surface area (Å²) in [6.45, 7) is 0.696. The summed E-state index contributed by atoms with van der Waals surface area (Å²) in [4.78, 5) is 0. The third-order valence-electron chi connectivity index (χ3n) is 2.27. The summed E-state index contributed by atoms with van der Waals surface area (Å²) in [5.41, 5.74) is 1.34. The van der Waals surface area contributed by atoms with Crippen LogP contribution in [0.3, 0.4) is 0 Å². The second-order valence-electron chi connectivity index (χ2n) is 3.58. The average Bonchev–Trinajstić information content (AvgIpc) is 2.34. The van der Waals surface area contributed by atoms with Crippen molar-refractivity contribution in [2.24, 2.45) is 0 Å². The Morgan fingerprint density at radius 3 is 2.88 bits per heavy atom. The molecule has 0 aromatic heterocycles. The number of methoxy groups -OCH3 is 1. The van der Waals surface area contributed by atoms with Crippen molar-refractivity contribution in [2.45, 2.75) is 6.42 Å². The number of benzene rings is 1. The maximum absolute atomic E-state index is 10.9. The van der Waals surface area contributed by atoms with Crippen LogP contribution in [0.4, 0.5) is 5.69 Å². The second kappa shape index (κ2) is 6.92. The highest BCUT2D eigenvalue weighted by Gasteiger charge is 2.03. The van der Waals surface area contributed by atoms with E-state index in [2.05, 4.69) is 11.4 Å². The number of rotatable bonds is 6. The zero-order valence-electron chi connectivity index (χ0n) is 10.0. The Bertz CT molecular complexity index is 441. The fourth-order valence-electron chi connectivity index (χ4n) is 1.39. The molecule has 1 N–H and O–H groups in total. The third-order valence-corrected chi connectivity index (χ3v) is 3.13. The minimum Gasteiger partial charge on any atom is -0.497 e. The van der Waals surface area contributed by atoms with E-state index in [1.165, 1.54) is 0 Å². The molecule has 0 aliphatic rings. The minimum absolute atomic E-state index is 0.587. The molecule has 92 valence electrons. The fourth-order valence-corrected chi connectivity index (χ4v) is 1.94. The Morgan fingerprint density at radius 1 is 1.53 bits per heavy atom. The molecule has 0 saturated carbocycles. The smallest absolute Gasteiger partial charge is 0.121 e. The van der Waals surface area contributed by atoms with Gasteiger partial charge in [0.1, 0.15) is 11.8 Å². The van der Waals surface area contributed by atoms with Gasteiger partial charge in [-0.2, -0.15) is 5.26 Å². The third kappa shape index (κ3) is 4.45. The van der Waals surface area contributed by atoms with Crippen LogP contribution in [0.15, 0.2) is 18.2 Å². The van der Waals surface area contributed by atoms with E-state index >= 15 is 0 Å². The maximum atomic E-state index is 10.9. The molecule has 0 bridgehead atoms. The Morgan fingerprint density at radius 2 is 2.29 bits per heavy atom. The first-order chi connectivity index (χ1) is 8.17. The van der Waals surface area contributed by atoms with Crippen LogP contribution >= 0.6 is 0 Å². The minimum atomic E-state index is -0.766. The van der Waals surface area contributed by atoms with Crippen LogP contribution in [0, 0.1) is 11.3 Å². The summed E-state index contributed by atoms with van der Waals surface area (Å²) < 4.78 is 16.0. The van der Waals surface area contributed by atoms with E-state index in [-0.39, 0.29) is 0 Å². The van der Waals surface area contributed by atoms with E-state index in [1.807, 2.05) is 0 Å². The van der Waals surface area contributed by atoms with Gasteiger partial charge in [-0.15, -0.1) is 0 Å². The topological polar surface area (TPSA) is 62.1 Å². The predicted octanol–water partition coefficient (Wildman–Crippen LogP) is 1.75. The number of nitriles is 1. The standard InChI is InChI=1S/C12H16N2O2S/c1-16-11-5-4-10(9-13)12(8-11)14-6-3-7-17(2)15/h4-5,8,14H,3,6-7H2,1-2H3. The monoisotopic (exact) mass is 252 g/mol. The molecule has 4 nitrogen and oxygen atoms in total. The Hall–Kier alpha value is -1.54. The van der Waals surface area contributed by atoms with Gasteiger partial charge in [0.05, 0.1) is 18.4 Å². The molecule has 0 saturated heterocycles. The number of nitrogens with one attached hydrogen (secondary N) is 1. The lowest BCUT2D eigenvalue weighted by atomic mass is 10.2. The van der Waals surface area contributed by atoms with Gasteiger partial charge < -0.3 is 10.1 Å². The first kappa shape index (κ1) is 13.5. The van der Waals surface area contributed by atoms with Gasteiger partial charge in [0.25, 0.3) is 0 Å². The van der Waals surface area contributed by atoms with Crippen molar-refractivity contribution in [2.75, 3.05) is 31.0 Å². The lowest BCUT2D eigenvalue weighted by molar-refractivity contribution is 0.415. The molecule has 0 radical (unpaired) electrons. The molecule has 1 atom stereocenters. The van der Waals surface area contributed by atoms with Crippen molar-refractivity contribution >= 4 is 16.5 Å². The Labute approximate surface area is 104 Å². The molecule has 1 rings (SSSR count). The molecule has 0 spiro atoms. The van der Waals surface area contributed by atoms with Crippen molar-refractivity contribution in [3.8, 4) is 11.8 Å². The van der Waals surface area contributed by atoms with E-state index in [0.29, 0.717) is 23.6 Å². The largest absolute Gasteiger partial charge is 0.497 e. The fraction of sp³-hybridized carbons (Fsp3) is 0.417. The van der Waals surface area contributed by atoms with Crippen LogP contribution < -0.4 is 10.1 Å². The summed E-state index contributed by atoms with van der Waals surface area (Å²) in [5, 5.41) is 12.1. The summed E-state index contributed by atoms with van der Waals surface area (Å²) >= 11 is 0. The van der Waals surface area contributed by atoms with Gasteiger partial charge in [0, 0.05) is 35.4 Å². The molecule has 1 aromatic rings. The molecular formula is C12H16N2O2S. The van der Waals surface area contributed by atoms with Crippen molar-refractivity contribution in [1.82, 2.24) is 0 Å². The van der Waals surface area contributed by atoms with Crippen LogP contribution in [-0.4, -0.2) is 29.9 Å². The van der Waals surface area contributed by atoms with Crippen LogP contribution in [0.2, 0.25) is 0 Å². The van der Waals surface area contributed by atoms with Gasteiger partial charge in [-0.1, -0.05) is 0 Å². The van der Waals surface area contributed by atoms with Gasteiger partial charge in [-0.3, -0.25) is 4.21 Å². The Balaban J connectivity index is 2.62. The van der Waals surface area contributed by atoms with E-state index in [1.54, 1.807) is 31.6 Å². The number of hydrogen-bond donors (Lipinski definition) is 1. The SMILES string of the molecule is COc1ccc(C#N)c(NCCCS(C)=O)c1. The van der Waals surface area contributed by atoms with Crippen molar-refractivity contribution in [3.05, 3.63) is 23.8 Å². The number of nitrogens with zero attached hydrogens (tertiary/aromatic N) is 1. The maximum Gasteiger partial charge on any atom is 0.121 e. The summed E-state index contributed by atoms with van der Waals surface area (Å²) in [7, 11) is 0.822. The lowest BCUT2D eigenvalue weighted by Crippen LogP contribution is -2.07. The second-order valence-corrected chi connectivity index (χ2v) is 5.14. The first-order valence-electron chi connectivity index (χ1n) is 5.29. The summed E-state index contributed by atoms with van der Waals surface area (Å²) in [5.74, 6) is 1.38. The Kier molecular flexibility index (Phi) is 5.50. The van der Waals surface area contributed by atoms with Crippen LogP contribution in [-0.2, 0) is 10.8 Å². The molecule has 0 heterocycles. The van der Waals surface area contributed by atoms with Crippen molar-refractivity contribution in [3.63, 3.8) is 0 Å². The predicted molar refractivity (Wildman–Crippen MR) is 69.7 cm³/mol. The summed E-state index contributed by atoms with van der Waals surface area (Å²) in [6, 6.07) is 7.39. The molecule has 0 aliphatic carbocycles. The quantitative estimate of drug-likeness (QED) is 0.783. The van der Waals surface area contributed by atoms with E-state index in [9.17, 15) is 4.21 Å². The molecule has 1 unspecified atom stereocenters. The van der Waals surface area contributed by atoms with Gasteiger partial charge in [0.15, 0.2) is 0 Å². The average molecular weight is 252 g/mol. The van der Waals surface area contributed by atoms with Gasteiger partial charge in [-0.25, -0.2) is 0 Å². The van der Waals surface area contributed by atoms with Crippen molar-refractivity contribution in [1.29, 1.82) is 5.26 Å². The highest BCUT2D eigenvalue weighted by molar-refractivity contribution is 7.84. The molecule has 5 heteroatoms. The molecule has 0 amide bonds. The number of anilines is 1. The zero-order valence-corrected chi connectivity index (χ0v) is 10.8. The first-order valence-corrected chi connectivity index (χ1v) is 7.02. The van der Waals surface area contributed by atoms with E-state index in [4.69, 9.17) is 10.00 Å². The van der Waals surface area contributed by atoms with E-state index < -0.39 is 10.8 Å². The van der Waals surface area contributed by atoms with E-state index in [0.717, 1.165) is 12.1 Å². The number of ether oxygens (including phenoxy) is 1. The van der Waals surface area contributed by atoms with Crippen LogP contribution in [0.25, 0.3) is 0 Å². The van der Waals surface area contributed by atoms with Gasteiger partial charge in [-0.05, 0) is 18.6 Å². The molecule has 0 aliphatic heterocycles. The summed E-state index contributed by atoms with van der Waals surface area (Å²) in [6.07, 6.45) is 2.50. The highest BCUT2D eigenvalue weighted by Crippen LogP contribution is 2.21. The molecule has 17 heavy (non-hydrogen) atoms. The molecule has 1 aromatic carbocycles. The van der Waals surface area contributed by atoms with Crippen LogP contribution in [0.5, 0.6) is 5.75 Å². The zero-order chi connectivity index (χ0) is 12.7. The van der Waals surface area contributed by atoms with Crippen molar-refractivity contribution < 1.29 is 8.95 Å².